The molecule has 106 valence electrons. The average molecular weight is 262 g/mol. The van der Waals surface area contributed by atoms with Gasteiger partial charge in [-0.3, -0.25) is 4.90 Å². The highest BCUT2D eigenvalue weighted by atomic mass is 16.5. The molecule has 1 saturated heterocycles. The van der Waals surface area contributed by atoms with Crippen molar-refractivity contribution in [2.45, 2.75) is 38.8 Å². The van der Waals surface area contributed by atoms with E-state index in [0.717, 1.165) is 25.3 Å². The van der Waals surface area contributed by atoms with E-state index < -0.39 is 0 Å². The maximum absolute atomic E-state index is 6.22. The van der Waals surface area contributed by atoms with Gasteiger partial charge in [-0.2, -0.15) is 0 Å². The molecule has 0 radical (unpaired) electrons. The first-order valence-corrected chi connectivity index (χ1v) is 7.29. The van der Waals surface area contributed by atoms with Gasteiger partial charge in [0.05, 0.1) is 7.11 Å². The molecule has 0 aliphatic carbocycles. The number of benzene rings is 1. The summed E-state index contributed by atoms with van der Waals surface area (Å²) in [6.45, 7) is 6.67. The zero-order valence-electron chi connectivity index (χ0n) is 12.3. The van der Waals surface area contributed by atoms with Gasteiger partial charge >= 0.3 is 0 Å². The summed E-state index contributed by atoms with van der Waals surface area (Å²) in [5, 5.41) is 0. The molecule has 3 heteroatoms. The second kappa shape index (κ2) is 6.40. The van der Waals surface area contributed by atoms with E-state index in [1.165, 1.54) is 12.0 Å². The SMILES string of the molecule is CCC(c1ccc(OC)cc1)N1CCC(C)C(N)C1. The third-order valence-electron chi connectivity index (χ3n) is 4.38. The van der Waals surface area contributed by atoms with Crippen LogP contribution in [0.25, 0.3) is 0 Å². The zero-order valence-corrected chi connectivity index (χ0v) is 12.3. The number of methoxy groups -OCH3 is 1. The molecule has 0 spiro atoms. The maximum Gasteiger partial charge on any atom is 0.118 e. The lowest BCUT2D eigenvalue weighted by Gasteiger charge is -2.40. The largest absolute Gasteiger partial charge is 0.497 e. The Kier molecular flexibility index (Phi) is 4.83. The monoisotopic (exact) mass is 262 g/mol. The van der Waals surface area contributed by atoms with E-state index in [0.29, 0.717) is 18.0 Å². The first-order valence-electron chi connectivity index (χ1n) is 7.29. The number of ether oxygens (including phenoxy) is 1. The van der Waals surface area contributed by atoms with Crippen LogP contribution in [0.1, 0.15) is 38.3 Å². The van der Waals surface area contributed by atoms with Gasteiger partial charge in [-0.15, -0.1) is 0 Å². The Balaban J connectivity index is 2.10. The number of hydrogen-bond donors (Lipinski definition) is 1. The number of likely N-dealkylation sites (tertiary alicyclic amines) is 1. The summed E-state index contributed by atoms with van der Waals surface area (Å²) in [7, 11) is 1.71. The zero-order chi connectivity index (χ0) is 13.8. The Bertz CT molecular complexity index is 390. The van der Waals surface area contributed by atoms with E-state index in [9.17, 15) is 0 Å². The Morgan fingerprint density at radius 3 is 2.58 bits per heavy atom. The molecule has 1 aromatic rings. The average Bonchev–Trinajstić information content (AvgIpc) is 2.44. The third kappa shape index (κ3) is 3.28. The van der Waals surface area contributed by atoms with Gasteiger partial charge in [0, 0.05) is 18.6 Å². The summed E-state index contributed by atoms with van der Waals surface area (Å²) < 4.78 is 5.23. The molecule has 1 heterocycles. The number of nitrogens with zero attached hydrogens (tertiary/aromatic N) is 1. The van der Waals surface area contributed by atoms with Gasteiger partial charge in [-0.25, -0.2) is 0 Å². The van der Waals surface area contributed by atoms with E-state index in [1.54, 1.807) is 7.11 Å². The Labute approximate surface area is 116 Å². The van der Waals surface area contributed by atoms with Crippen molar-refractivity contribution >= 4 is 0 Å². The molecule has 2 rings (SSSR count). The first kappa shape index (κ1) is 14.4. The molecule has 1 fully saturated rings. The van der Waals surface area contributed by atoms with Crippen LogP contribution in [0.5, 0.6) is 5.75 Å². The van der Waals surface area contributed by atoms with Gasteiger partial charge in [0.15, 0.2) is 0 Å². The van der Waals surface area contributed by atoms with Crippen molar-refractivity contribution in [3.05, 3.63) is 29.8 Å². The summed E-state index contributed by atoms with van der Waals surface area (Å²) in [6.07, 6.45) is 2.32. The van der Waals surface area contributed by atoms with E-state index in [4.69, 9.17) is 10.5 Å². The van der Waals surface area contributed by atoms with Crippen LogP contribution in [0.15, 0.2) is 24.3 Å². The second-order valence-electron chi connectivity index (χ2n) is 5.62. The quantitative estimate of drug-likeness (QED) is 0.907. The van der Waals surface area contributed by atoms with Crippen molar-refractivity contribution in [3.8, 4) is 5.75 Å². The summed E-state index contributed by atoms with van der Waals surface area (Å²) in [6, 6.07) is 9.23. The van der Waals surface area contributed by atoms with Crippen LogP contribution < -0.4 is 10.5 Å². The predicted octanol–water partition coefficient (Wildman–Crippen LogP) is 2.82. The van der Waals surface area contributed by atoms with Gasteiger partial charge in [0.25, 0.3) is 0 Å². The maximum atomic E-state index is 6.22. The van der Waals surface area contributed by atoms with Crippen molar-refractivity contribution in [1.29, 1.82) is 0 Å². The highest BCUT2D eigenvalue weighted by Gasteiger charge is 2.27. The topological polar surface area (TPSA) is 38.5 Å². The van der Waals surface area contributed by atoms with E-state index in [-0.39, 0.29) is 0 Å². The molecule has 0 bridgehead atoms. The van der Waals surface area contributed by atoms with Gasteiger partial charge in [0.1, 0.15) is 5.75 Å². The number of rotatable bonds is 4. The standard InChI is InChI=1S/C16H26N2O/c1-4-16(13-5-7-14(19-3)8-6-13)18-10-9-12(2)15(17)11-18/h5-8,12,15-16H,4,9-11,17H2,1-3H3. The Hall–Kier alpha value is -1.06. The molecule has 3 unspecified atom stereocenters. The van der Waals surface area contributed by atoms with Crippen LogP contribution in [0.4, 0.5) is 0 Å². The summed E-state index contributed by atoms with van der Waals surface area (Å²) in [5.74, 6) is 1.56. The van der Waals surface area contributed by atoms with Crippen molar-refractivity contribution in [3.63, 3.8) is 0 Å². The Morgan fingerprint density at radius 1 is 1.37 bits per heavy atom. The van der Waals surface area contributed by atoms with Crippen molar-refractivity contribution < 1.29 is 4.74 Å². The highest BCUT2D eigenvalue weighted by Crippen LogP contribution is 2.29. The molecule has 1 aliphatic heterocycles. The fraction of sp³-hybridized carbons (Fsp3) is 0.625. The van der Waals surface area contributed by atoms with Crippen molar-refractivity contribution in [2.24, 2.45) is 11.7 Å². The van der Waals surface area contributed by atoms with Gasteiger partial charge < -0.3 is 10.5 Å². The molecule has 1 aromatic carbocycles. The molecular formula is C16H26N2O. The molecule has 19 heavy (non-hydrogen) atoms. The highest BCUT2D eigenvalue weighted by molar-refractivity contribution is 5.29. The minimum Gasteiger partial charge on any atom is -0.497 e. The smallest absolute Gasteiger partial charge is 0.118 e. The molecule has 1 aliphatic rings. The normalized spacial score (nSPS) is 26.1. The third-order valence-corrected chi connectivity index (χ3v) is 4.38. The van der Waals surface area contributed by atoms with E-state index in [2.05, 4.69) is 30.9 Å². The molecular weight excluding hydrogens is 236 g/mol. The van der Waals surface area contributed by atoms with E-state index in [1.807, 2.05) is 12.1 Å². The number of nitrogens with two attached hydrogens (primary N) is 1. The molecule has 2 N–H and O–H groups in total. The Morgan fingerprint density at radius 2 is 2.05 bits per heavy atom. The minimum absolute atomic E-state index is 0.307. The molecule has 3 atom stereocenters. The van der Waals surface area contributed by atoms with Crippen LogP contribution in [0, 0.1) is 5.92 Å². The molecule has 0 aromatic heterocycles. The van der Waals surface area contributed by atoms with Crippen LogP contribution in [-0.2, 0) is 0 Å². The van der Waals surface area contributed by atoms with Gasteiger partial charge in [0.2, 0.25) is 0 Å². The lowest BCUT2D eigenvalue weighted by atomic mass is 9.91. The van der Waals surface area contributed by atoms with Crippen LogP contribution in [0.2, 0.25) is 0 Å². The second-order valence-corrected chi connectivity index (χ2v) is 5.62. The lowest BCUT2D eigenvalue weighted by molar-refractivity contribution is 0.117. The van der Waals surface area contributed by atoms with Crippen molar-refractivity contribution in [2.75, 3.05) is 20.2 Å². The lowest BCUT2D eigenvalue weighted by Crippen LogP contribution is -2.48. The van der Waals surface area contributed by atoms with Gasteiger partial charge in [-0.1, -0.05) is 26.0 Å². The molecule has 3 nitrogen and oxygen atoms in total. The summed E-state index contributed by atoms with van der Waals surface area (Å²) in [4.78, 5) is 2.53. The molecule has 0 amide bonds. The van der Waals surface area contributed by atoms with Crippen LogP contribution >= 0.6 is 0 Å². The first-order chi connectivity index (χ1) is 9.15. The van der Waals surface area contributed by atoms with Crippen molar-refractivity contribution in [1.82, 2.24) is 4.90 Å². The number of hydrogen-bond acceptors (Lipinski definition) is 3. The number of piperidine rings is 1. The van der Waals surface area contributed by atoms with Crippen LogP contribution in [0.3, 0.4) is 0 Å². The van der Waals surface area contributed by atoms with Crippen LogP contribution in [-0.4, -0.2) is 31.1 Å². The predicted molar refractivity (Wildman–Crippen MR) is 79.4 cm³/mol. The molecule has 0 saturated carbocycles. The van der Waals surface area contributed by atoms with Gasteiger partial charge in [-0.05, 0) is 43.0 Å². The summed E-state index contributed by atoms with van der Waals surface area (Å²) in [5.41, 5.74) is 7.59. The minimum atomic E-state index is 0.307. The fourth-order valence-corrected chi connectivity index (χ4v) is 2.94. The summed E-state index contributed by atoms with van der Waals surface area (Å²) >= 11 is 0. The fourth-order valence-electron chi connectivity index (χ4n) is 2.94. The van der Waals surface area contributed by atoms with E-state index >= 15 is 0 Å².